The Labute approximate surface area is 102 Å². The van der Waals surface area contributed by atoms with Gasteiger partial charge in [0, 0.05) is 18.8 Å². The van der Waals surface area contributed by atoms with Crippen molar-refractivity contribution in [3.63, 3.8) is 0 Å². The van der Waals surface area contributed by atoms with E-state index in [1.54, 1.807) is 12.1 Å². The molecule has 1 rings (SSSR count). The number of ether oxygens (including phenoxy) is 1. The second-order valence-electron chi connectivity index (χ2n) is 4.07. The van der Waals surface area contributed by atoms with Gasteiger partial charge in [-0.2, -0.15) is 0 Å². The summed E-state index contributed by atoms with van der Waals surface area (Å²) in [5.74, 6) is -0.158. The van der Waals surface area contributed by atoms with Crippen LogP contribution in [0.4, 0.5) is 5.69 Å². The predicted octanol–water partition coefficient (Wildman–Crippen LogP) is 1.73. The summed E-state index contributed by atoms with van der Waals surface area (Å²) in [5.41, 5.74) is 7.86. The number of rotatable bonds is 5. The van der Waals surface area contributed by atoms with Crippen molar-refractivity contribution >= 4 is 11.6 Å². The van der Waals surface area contributed by atoms with Crippen LogP contribution >= 0.6 is 0 Å². The number of amides is 1. The number of benzene rings is 1. The van der Waals surface area contributed by atoms with Crippen molar-refractivity contribution in [1.82, 2.24) is 5.32 Å². The normalized spacial score (nSPS) is 12.2. The average Bonchev–Trinajstić information content (AvgIpc) is 2.26. The summed E-state index contributed by atoms with van der Waals surface area (Å²) in [6, 6.07) is 5.41. The number of nitrogens with one attached hydrogen (secondary N) is 1. The lowest BCUT2D eigenvalue weighted by molar-refractivity contribution is 0.0695. The maximum Gasteiger partial charge on any atom is 0.253 e. The Morgan fingerprint density at radius 1 is 1.53 bits per heavy atom. The van der Waals surface area contributed by atoms with Crippen LogP contribution in [0.5, 0.6) is 0 Å². The fourth-order valence-electron chi connectivity index (χ4n) is 1.56. The van der Waals surface area contributed by atoms with E-state index in [2.05, 4.69) is 5.32 Å². The molecule has 94 valence electrons. The summed E-state index contributed by atoms with van der Waals surface area (Å²) >= 11 is 0. The van der Waals surface area contributed by atoms with Gasteiger partial charge >= 0.3 is 0 Å². The van der Waals surface area contributed by atoms with Crippen LogP contribution in [0.3, 0.4) is 0 Å². The Morgan fingerprint density at radius 2 is 2.24 bits per heavy atom. The Hall–Kier alpha value is -1.55. The van der Waals surface area contributed by atoms with Crippen LogP contribution in [-0.2, 0) is 4.74 Å². The Bertz CT molecular complexity index is 391. The highest BCUT2D eigenvalue weighted by molar-refractivity contribution is 5.99. The number of hydrogen-bond donors (Lipinski definition) is 2. The lowest BCUT2D eigenvalue weighted by Gasteiger charge is -2.13. The largest absolute Gasteiger partial charge is 0.398 e. The smallest absolute Gasteiger partial charge is 0.253 e. The molecule has 3 N–H and O–H groups in total. The topological polar surface area (TPSA) is 64.3 Å². The summed E-state index contributed by atoms with van der Waals surface area (Å²) in [4.78, 5) is 11.8. The number of anilines is 1. The second kappa shape index (κ2) is 6.25. The summed E-state index contributed by atoms with van der Waals surface area (Å²) in [5, 5.41) is 2.80. The molecule has 0 aliphatic carbocycles. The first-order valence-electron chi connectivity index (χ1n) is 5.80. The molecule has 0 aromatic heterocycles. The lowest BCUT2D eigenvalue weighted by Crippen LogP contribution is -2.32. The molecule has 17 heavy (non-hydrogen) atoms. The quantitative estimate of drug-likeness (QED) is 0.765. The first-order chi connectivity index (χ1) is 8.04. The minimum atomic E-state index is -0.158. The molecule has 0 heterocycles. The molecule has 4 heteroatoms. The predicted molar refractivity (Wildman–Crippen MR) is 69.0 cm³/mol. The van der Waals surface area contributed by atoms with Gasteiger partial charge in [-0.05, 0) is 38.5 Å². The minimum absolute atomic E-state index is 0.00984. The summed E-state index contributed by atoms with van der Waals surface area (Å²) in [6.07, 6.45) is 0.00984. The molecule has 1 aromatic rings. The van der Waals surface area contributed by atoms with E-state index in [-0.39, 0.29) is 12.0 Å². The summed E-state index contributed by atoms with van der Waals surface area (Å²) < 4.78 is 5.33. The molecule has 1 aromatic carbocycles. The zero-order valence-electron chi connectivity index (χ0n) is 10.6. The van der Waals surface area contributed by atoms with Gasteiger partial charge in [0.25, 0.3) is 5.91 Å². The highest BCUT2D eigenvalue weighted by Crippen LogP contribution is 2.13. The molecule has 0 aliphatic heterocycles. The molecule has 0 fully saturated rings. The standard InChI is InChI=1S/C13H20N2O2/c1-4-17-10(3)8-15-13(16)11-6-5-9(2)7-12(11)14/h5-7,10H,4,8,14H2,1-3H3,(H,15,16). The molecular formula is C13H20N2O2. The van der Waals surface area contributed by atoms with Gasteiger partial charge in [0.15, 0.2) is 0 Å². The number of aryl methyl sites for hydroxylation is 1. The van der Waals surface area contributed by atoms with Gasteiger partial charge in [-0.15, -0.1) is 0 Å². The van der Waals surface area contributed by atoms with Crippen LogP contribution in [0.15, 0.2) is 18.2 Å². The van der Waals surface area contributed by atoms with E-state index < -0.39 is 0 Å². The second-order valence-corrected chi connectivity index (χ2v) is 4.07. The zero-order valence-corrected chi connectivity index (χ0v) is 10.6. The van der Waals surface area contributed by atoms with Gasteiger partial charge in [0.2, 0.25) is 0 Å². The fourth-order valence-corrected chi connectivity index (χ4v) is 1.56. The van der Waals surface area contributed by atoms with E-state index in [1.807, 2.05) is 26.8 Å². The van der Waals surface area contributed by atoms with Crippen molar-refractivity contribution in [3.8, 4) is 0 Å². The maximum absolute atomic E-state index is 11.8. The van der Waals surface area contributed by atoms with Crippen LogP contribution in [0.2, 0.25) is 0 Å². The Kier molecular flexibility index (Phi) is 4.97. The monoisotopic (exact) mass is 236 g/mol. The molecule has 0 bridgehead atoms. The van der Waals surface area contributed by atoms with Gasteiger partial charge in [0.1, 0.15) is 0 Å². The van der Waals surface area contributed by atoms with Crippen LogP contribution < -0.4 is 11.1 Å². The number of hydrogen-bond acceptors (Lipinski definition) is 3. The highest BCUT2D eigenvalue weighted by atomic mass is 16.5. The van der Waals surface area contributed by atoms with Crippen molar-refractivity contribution < 1.29 is 9.53 Å². The molecule has 1 unspecified atom stereocenters. The van der Waals surface area contributed by atoms with E-state index >= 15 is 0 Å². The summed E-state index contributed by atoms with van der Waals surface area (Å²) in [7, 11) is 0. The highest BCUT2D eigenvalue weighted by Gasteiger charge is 2.10. The van der Waals surface area contributed by atoms with Crippen molar-refractivity contribution in [3.05, 3.63) is 29.3 Å². The van der Waals surface area contributed by atoms with Crippen LogP contribution in [0.1, 0.15) is 29.8 Å². The van der Waals surface area contributed by atoms with Gasteiger partial charge in [-0.3, -0.25) is 4.79 Å². The number of nitrogen functional groups attached to an aromatic ring is 1. The van der Waals surface area contributed by atoms with Crippen LogP contribution in [0.25, 0.3) is 0 Å². The number of nitrogens with two attached hydrogens (primary N) is 1. The third-order valence-electron chi connectivity index (χ3n) is 2.45. The number of carbonyl (C=O) groups excluding carboxylic acids is 1. The zero-order chi connectivity index (χ0) is 12.8. The maximum atomic E-state index is 11.8. The van der Waals surface area contributed by atoms with E-state index in [0.29, 0.717) is 24.4 Å². The van der Waals surface area contributed by atoms with Gasteiger partial charge in [0.05, 0.1) is 11.7 Å². The molecule has 0 aliphatic rings. The molecular weight excluding hydrogens is 216 g/mol. The van der Waals surface area contributed by atoms with Crippen molar-refractivity contribution in [2.45, 2.75) is 26.9 Å². The van der Waals surface area contributed by atoms with Crippen molar-refractivity contribution in [2.24, 2.45) is 0 Å². The van der Waals surface area contributed by atoms with E-state index in [0.717, 1.165) is 5.56 Å². The van der Waals surface area contributed by atoms with Crippen LogP contribution in [-0.4, -0.2) is 25.2 Å². The lowest BCUT2D eigenvalue weighted by atomic mass is 10.1. The average molecular weight is 236 g/mol. The van der Waals surface area contributed by atoms with E-state index in [1.165, 1.54) is 0 Å². The molecule has 0 saturated carbocycles. The Balaban J connectivity index is 2.58. The molecule has 4 nitrogen and oxygen atoms in total. The number of carbonyl (C=O) groups is 1. The summed E-state index contributed by atoms with van der Waals surface area (Å²) in [6.45, 7) is 6.91. The fraction of sp³-hybridized carbons (Fsp3) is 0.462. The molecule has 0 saturated heterocycles. The minimum Gasteiger partial charge on any atom is -0.398 e. The molecule has 0 radical (unpaired) electrons. The van der Waals surface area contributed by atoms with Gasteiger partial charge < -0.3 is 15.8 Å². The third-order valence-corrected chi connectivity index (χ3v) is 2.45. The van der Waals surface area contributed by atoms with E-state index in [4.69, 9.17) is 10.5 Å². The first kappa shape index (κ1) is 13.5. The molecule has 1 amide bonds. The van der Waals surface area contributed by atoms with Crippen molar-refractivity contribution in [2.75, 3.05) is 18.9 Å². The van der Waals surface area contributed by atoms with E-state index in [9.17, 15) is 4.79 Å². The first-order valence-corrected chi connectivity index (χ1v) is 5.80. The third kappa shape index (κ3) is 4.07. The molecule has 1 atom stereocenters. The van der Waals surface area contributed by atoms with Crippen molar-refractivity contribution in [1.29, 1.82) is 0 Å². The Morgan fingerprint density at radius 3 is 2.82 bits per heavy atom. The SMILES string of the molecule is CCOC(C)CNC(=O)c1ccc(C)cc1N. The molecule has 0 spiro atoms. The van der Waals surface area contributed by atoms with Gasteiger partial charge in [-0.1, -0.05) is 6.07 Å². The van der Waals surface area contributed by atoms with Crippen LogP contribution in [0, 0.1) is 6.92 Å². The van der Waals surface area contributed by atoms with Gasteiger partial charge in [-0.25, -0.2) is 0 Å².